The van der Waals surface area contributed by atoms with Gasteiger partial charge in [-0.25, -0.2) is 13.9 Å². The third-order valence-corrected chi connectivity index (χ3v) is 4.47. The highest BCUT2D eigenvalue weighted by Crippen LogP contribution is 2.23. The molecule has 1 amide bonds. The third kappa shape index (κ3) is 5.24. The van der Waals surface area contributed by atoms with Crippen LogP contribution in [0.1, 0.15) is 38.1 Å². The second-order valence-electron chi connectivity index (χ2n) is 7.99. The quantitative estimate of drug-likeness (QED) is 0.452. The van der Waals surface area contributed by atoms with Gasteiger partial charge in [0.05, 0.1) is 28.9 Å². The lowest BCUT2D eigenvalue weighted by atomic mass is 10.0. The lowest BCUT2D eigenvalue weighted by Gasteiger charge is -2.23. The third-order valence-electron chi connectivity index (χ3n) is 4.47. The van der Waals surface area contributed by atoms with Crippen molar-refractivity contribution in [3.05, 3.63) is 48.4 Å². The van der Waals surface area contributed by atoms with Gasteiger partial charge in [0.25, 0.3) is 5.91 Å². The molecule has 3 rings (SSSR count). The minimum atomic E-state index is -1.59. The van der Waals surface area contributed by atoms with Gasteiger partial charge in [-0.05, 0) is 45.9 Å². The Bertz CT molecular complexity index is 1030. The summed E-state index contributed by atoms with van der Waals surface area (Å²) in [5, 5.41) is 22.8. The molecular weight excluding hydrogens is 387 g/mol. The lowest BCUT2D eigenvalue weighted by molar-refractivity contribution is -0.00177. The second-order valence-corrected chi connectivity index (χ2v) is 7.99. The van der Waals surface area contributed by atoms with E-state index >= 15 is 0 Å². The molecule has 0 aromatic carbocycles. The summed E-state index contributed by atoms with van der Waals surface area (Å²) in [4.78, 5) is 16.9. The number of aromatic nitrogens is 3. The van der Waals surface area contributed by atoms with Crippen molar-refractivity contribution in [2.45, 2.75) is 45.5 Å². The SMILES string of the molecule is CC(C)Nc1cc(Nc2ccn3nccc3c2)ncc1C(=O)NCC(F)C(C)(C)O. The van der Waals surface area contributed by atoms with Gasteiger partial charge in [-0.2, -0.15) is 5.10 Å². The summed E-state index contributed by atoms with van der Waals surface area (Å²) in [5.41, 5.74) is 1.10. The van der Waals surface area contributed by atoms with Gasteiger partial charge in [0.2, 0.25) is 0 Å². The number of hydrogen-bond acceptors (Lipinski definition) is 6. The van der Waals surface area contributed by atoms with Crippen molar-refractivity contribution in [2.75, 3.05) is 17.2 Å². The van der Waals surface area contributed by atoms with E-state index in [0.717, 1.165) is 11.2 Å². The van der Waals surface area contributed by atoms with E-state index in [1.54, 1.807) is 16.8 Å². The Morgan fingerprint density at radius 3 is 2.77 bits per heavy atom. The van der Waals surface area contributed by atoms with E-state index in [0.29, 0.717) is 17.1 Å². The maximum absolute atomic E-state index is 14.0. The lowest BCUT2D eigenvalue weighted by Crippen LogP contribution is -2.42. The van der Waals surface area contributed by atoms with Gasteiger partial charge in [-0.1, -0.05) is 0 Å². The molecule has 0 fully saturated rings. The van der Waals surface area contributed by atoms with E-state index in [2.05, 4.69) is 26.0 Å². The molecule has 3 aromatic heterocycles. The van der Waals surface area contributed by atoms with Crippen molar-refractivity contribution < 1.29 is 14.3 Å². The normalized spacial score (nSPS) is 12.8. The minimum Gasteiger partial charge on any atom is -0.387 e. The van der Waals surface area contributed by atoms with Crippen LogP contribution >= 0.6 is 0 Å². The van der Waals surface area contributed by atoms with E-state index in [1.807, 2.05) is 38.2 Å². The Kier molecular flexibility index (Phi) is 6.21. The van der Waals surface area contributed by atoms with Gasteiger partial charge in [0, 0.05) is 36.4 Å². The highest BCUT2D eigenvalue weighted by molar-refractivity contribution is 5.99. The molecule has 1 atom stereocenters. The molecule has 0 bridgehead atoms. The first-order valence-corrected chi connectivity index (χ1v) is 9.75. The van der Waals surface area contributed by atoms with Crippen molar-refractivity contribution in [3.8, 4) is 0 Å². The zero-order valence-corrected chi connectivity index (χ0v) is 17.5. The molecule has 4 N–H and O–H groups in total. The summed E-state index contributed by atoms with van der Waals surface area (Å²) in [5.74, 6) is 0.0863. The molecule has 3 heterocycles. The Hall–Kier alpha value is -3.20. The summed E-state index contributed by atoms with van der Waals surface area (Å²) in [6, 6.07) is 7.50. The van der Waals surface area contributed by atoms with Crippen LogP contribution in [-0.2, 0) is 0 Å². The number of aliphatic hydroxyl groups is 1. The fraction of sp³-hybridized carbons (Fsp3) is 0.381. The molecule has 0 aliphatic heterocycles. The Morgan fingerprint density at radius 2 is 2.07 bits per heavy atom. The summed E-state index contributed by atoms with van der Waals surface area (Å²) < 4.78 is 15.7. The number of pyridine rings is 2. The van der Waals surface area contributed by atoms with Crippen LogP contribution in [0.3, 0.4) is 0 Å². The van der Waals surface area contributed by atoms with Gasteiger partial charge >= 0.3 is 0 Å². The van der Waals surface area contributed by atoms with Gasteiger partial charge in [-0.15, -0.1) is 0 Å². The Labute approximate surface area is 174 Å². The molecule has 3 aromatic rings. The van der Waals surface area contributed by atoms with Crippen molar-refractivity contribution in [2.24, 2.45) is 0 Å². The number of nitrogens with one attached hydrogen (secondary N) is 3. The largest absolute Gasteiger partial charge is 0.387 e. The molecule has 0 radical (unpaired) electrons. The topological polar surface area (TPSA) is 104 Å². The van der Waals surface area contributed by atoms with Crippen LogP contribution < -0.4 is 16.0 Å². The average molecular weight is 414 g/mol. The van der Waals surface area contributed by atoms with Crippen LogP contribution in [0.5, 0.6) is 0 Å². The second kappa shape index (κ2) is 8.66. The van der Waals surface area contributed by atoms with Gasteiger partial charge in [0.15, 0.2) is 0 Å². The van der Waals surface area contributed by atoms with Gasteiger partial charge < -0.3 is 21.1 Å². The molecule has 0 aliphatic rings. The number of nitrogens with zero attached hydrogens (tertiary/aromatic N) is 3. The minimum absolute atomic E-state index is 0.0697. The monoisotopic (exact) mass is 414 g/mol. The number of hydrogen-bond donors (Lipinski definition) is 4. The number of carbonyl (C=O) groups excluding carboxylic acids is 1. The van der Waals surface area contributed by atoms with Crippen molar-refractivity contribution in [3.63, 3.8) is 0 Å². The zero-order chi connectivity index (χ0) is 21.9. The van der Waals surface area contributed by atoms with Crippen LogP contribution in [0.2, 0.25) is 0 Å². The maximum atomic E-state index is 14.0. The predicted octanol–water partition coefficient (Wildman–Crippen LogP) is 3.13. The van der Waals surface area contributed by atoms with E-state index in [4.69, 9.17) is 0 Å². The number of halogens is 1. The summed E-state index contributed by atoms with van der Waals surface area (Å²) in [6.07, 6.45) is 3.41. The van der Waals surface area contributed by atoms with Crippen molar-refractivity contribution in [1.82, 2.24) is 19.9 Å². The Balaban J connectivity index is 1.79. The predicted molar refractivity (Wildman–Crippen MR) is 115 cm³/mol. The number of alkyl halides is 1. The van der Waals surface area contributed by atoms with Crippen LogP contribution in [-0.4, -0.2) is 50.0 Å². The number of amides is 1. The number of carbonyl (C=O) groups is 1. The summed E-state index contributed by atoms with van der Waals surface area (Å²) in [6.45, 7) is 6.33. The fourth-order valence-corrected chi connectivity index (χ4v) is 2.81. The van der Waals surface area contributed by atoms with Crippen molar-refractivity contribution in [1.29, 1.82) is 0 Å². The standard InChI is InChI=1S/C21H27FN6O2/c1-13(2)26-17-10-19(27-14-6-8-28-15(9-14)5-7-25-28)23-11-16(17)20(29)24-12-18(22)21(3,4)30/h5-11,13,18,30H,12H2,1-4H3,(H,24,29)(H2,23,26,27). The van der Waals surface area contributed by atoms with Crippen LogP contribution in [0.15, 0.2) is 42.9 Å². The molecule has 0 aliphatic carbocycles. The van der Waals surface area contributed by atoms with Crippen LogP contribution in [0.25, 0.3) is 5.52 Å². The van der Waals surface area contributed by atoms with Gasteiger partial charge in [0.1, 0.15) is 12.0 Å². The molecule has 1 unspecified atom stereocenters. The molecule has 160 valence electrons. The highest BCUT2D eigenvalue weighted by Gasteiger charge is 2.27. The molecule has 9 heteroatoms. The van der Waals surface area contributed by atoms with Gasteiger partial charge in [-0.3, -0.25) is 4.79 Å². The van der Waals surface area contributed by atoms with Crippen LogP contribution in [0, 0.1) is 0 Å². The Morgan fingerprint density at radius 1 is 1.30 bits per heavy atom. The van der Waals surface area contributed by atoms with E-state index in [-0.39, 0.29) is 12.6 Å². The molecule has 0 saturated carbocycles. The molecule has 0 spiro atoms. The maximum Gasteiger partial charge on any atom is 0.255 e. The smallest absolute Gasteiger partial charge is 0.255 e. The number of anilines is 3. The summed E-state index contributed by atoms with van der Waals surface area (Å²) in [7, 11) is 0. The molecule has 0 saturated heterocycles. The first-order chi connectivity index (χ1) is 14.1. The number of rotatable bonds is 8. The van der Waals surface area contributed by atoms with E-state index in [1.165, 1.54) is 20.0 Å². The van der Waals surface area contributed by atoms with Crippen LogP contribution in [0.4, 0.5) is 21.6 Å². The average Bonchev–Trinajstić information content (AvgIpc) is 3.12. The zero-order valence-electron chi connectivity index (χ0n) is 17.5. The first kappa shape index (κ1) is 21.5. The van der Waals surface area contributed by atoms with E-state index < -0.39 is 17.7 Å². The number of fused-ring (bicyclic) bond motifs is 1. The van der Waals surface area contributed by atoms with E-state index in [9.17, 15) is 14.3 Å². The molecule has 30 heavy (non-hydrogen) atoms. The summed E-state index contributed by atoms with van der Waals surface area (Å²) >= 11 is 0. The highest BCUT2D eigenvalue weighted by atomic mass is 19.1. The van der Waals surface area contributed by atoms with Crippen molar-refractivity contribution >= 4 is 28.6 Å². The fourth-order valence-electron chi connectivity index (χ4n) is 2.81. The molecular formula is C21H27FN6O2. The molecule has 8 nitrogen and oxygen atoms in total. The first-order valence-electron chi connectivity index (χ1n) is 9.75.